The fourth-order valence-electron chi connectivity index (χ4n) is 2.84. The second-order valence-electron chi connectivity index (χ2n) is 6.37. The Morgan fingerprint density at radius 3 is 2.67 bits per heavy atom. The number of ether oxygens (including phenoxy) is 1. The number of hydrogen-bond donors (Lipinski definition) is 2. The lowest BCUT2D eigenvalue weighted by molar-refractivity contribution is -0.140. The second-order valence-corrected chi connectivity index (χ2v) is 6.37. The maximum atomic E-state index is 12.1. The monoisotopic (exact) mass is 299 g/mol. The molecule has 2 N–H and O–H groups in total. The molecule has 0 radical (unpaired) electrons. The van der Waals surface area contributed by atoms with Crippen molar-refractivity contribution >= 4 is 11.9 Å². The van der Waals surface area contributed by atoms with Gasteiger partial charge in [-0.25, -0.2) is 0 Å². The zero-order valence-corrected chi connectivity index (χ0v) is 13.4. The highest BCUT2D eigenvalue weighted by atomic mass is 16.5. The van der Waals surface area contributed by atoms with Gasteiger partial charge in [0.15, 0.2) is 0 Å². The van der Waals surface area contributed by atoms with Crippen molar-refractivity contribution < 1.29 is 19.4 Å². The molecule has 0 aliphatic heterocycles. The molecule has 0 heterocycles. The molecule has 0 bridgehead atoms. The van der Waals surface area contributed by atoms with Crippen molar-refractivity contribution in [3.05, 3.63) is 0 Å². The summed E-state index contributed by atoms with van der Waals surface area (Å²) >= 11 is 0. The Labute approximate surface area is 127 Å². The van der Waals surface area contributed by atoms with Crippen LogP contribution in [0.15, 0.2) is 0 Å². The van der Waals surface area contributed by atoms with Crippen molar-refractivity contribution in [1.29, 1.82) is 0 Å². The quantitative estimate of drug-likeness (QED) is 0.722. The molecule has 0 aromatic heterocycles. The third kappa shape index (κ3) is 6.93. The second kappa shape index (κ2) is 9.03. The van der Waals surface area contributed by atoms with Crippen LogP contribution in [0.1, 0.15) is 59.3 Å². The summed E-state index contributed by atoms with van der Waals surface area (Å²) in [5.74, 6) is -0.359. The van der Waals surface area contributed by atoms with E-state index in [4.69, 9.17) is 9.84 Å². The molecule has 0 aromatic carbocycles. The standard InChI is InChI=1S/C16H29NO4/c1-4-14(21-13-7-5-6-11(2)8-13)16(20)17-10-12(3)9-15(18)19/h11-14H,4-10H2,1-3H3,(H,17,20)(H,18,19). The first-order valence-electron chi connectivity index (χ1n) is 8.07. The van der Waals surface area contributed by atoms with E-state index in [0.717, 1.165) is 12.8 Å². The van der Waals surface area contributed by atoms with Crippen LogP contribution >= 0.6 is 0 Å². The number of rotatable bonds is 8. The molecule has 122 valence electrons. The van der Waals surface area contributed by atoms with Gasteiger partial charge in [0.1, 0.15) is 6.10 Å². The van der Waals surface area contributed by atoms with Crippen LogP contribution in [0.3, 0.4) is 0 Å². The van der Waals surface area contributed by atoms with Gasteiger partial charge in [-0.2, -0.15) is 0 Å². The number of carboxylic acid groups (broad SMARTS) is 1. The van der Waals surface area contributed by atoms with Crippen LogP contribution in [0.25, 0.3) is 0 Å². The minimum atomic E-state index is -0.837. The molecule has 4 atom stereocenters. The van der Waals surface area contributed by atoms with Gasteiger partial charge in [-0.1, -0.05) is 33.6 Å². The number of carbonyl (C=O) groups excluding carboxylic acids is 1. The molecule has 4 unspecified atom stereocenters. The predicted molar refractivity (Wildman–Crippen MR) is 81.0 cm³/mol. The summed E-state index contributed by atoms with van der Waals surface area (Å²) in [7, 11) is 0. The molecule has 5 nitrogen and oxygen atoms in total. The van der Waals surface area contributed by atoms with Gasteiger partial charge < -0.3 is 15.2 Å². The number of nitrogens with one attached hydrogen (secondary N) is 1. The minimum absolute atomic E-state index is 0.0675. The molecule has 5 heteroatoms. The number of carboxylic acids is 1. The first-order chi connectivity index (χ1) is 9.92. The number of carbonyl (C=O) groups is 2. The van der Waals surface area contributed by atoms with Crippen molar-refractivity contribution in [2.45, 2.75) is 71.5 Å². The summed E-state index contributed by atoms with van der Waals surface area (Å²) in [6, 6.07) is 0. The summed E-state index contributed by atoms with van der Waals surface area (Å²) in [4.78, 5) is 22.7. The molecular weight excluding hydrogens is 270 g/mol. The summed E-state index contributed by atoms with van der Waals surface area (Å²) < 4.78 is 5.96. The van der Waals surface area contributed by atoms with E-state index in [1.54, 1.807) is 0 Å². The van der Waals surface area contributed by atoms with E-state index in [1.165, 1.54) is 12.8 Å². The molecule has 1 saturated carbocycles. The molecule has 21 heavy (non-hydrogen) atoms. The minimum Gasteiger partial charge on any atom is -0.481 e. The zero-order chi connectivity index (χ0) is 15.8. The first kappa shape index (κ1) is 18.0. The number of amides is 1. The Bertz CT molecular complexity index is 345. The van der Waals surface area contributed by atoms with Gasteiger partial charge in [-0.15, -0.1) is 0 Å². The number of hydrogen-bond acceptors (Lipinski definition) is 3. The van der Waals surface area contributed by atoms with Gasteiger partial charge in [0.2, 0.25) is 5.91 Å². The Morgan fingerprint density at radius 2 is 2.10 bits per heavy atom. The fraction of sp³-hybridized carbons (Fsp3) is 0.875. The van der Waals surface area contributed by atoms with Crippen LogP contribution in [-0.4, -0.2) is 35.7 Å². The lowest BCUT2D eigenvalue weighted by atomic mass is 9.88. The van der Waals surface area contributed by atoms with Crippen LogP contribution in [0.4, 0.5) is 0 Å². The van der Waals surface area contributed by atoms with E-state index in [-0.39, 0.29) is 24.3 Å². The van der Waals surface area contributed by atoms with Gasteiger partial charge in [0.25, 0.3) is 0 Å². The van der Waals surface area contributed by atoms with Gasteiger partial charge in [0, 0.05) is 13.0 Å². The normalized spacial score (nSPS) is 25.1. The highest BCUT2D eigenvalue weighted by Gasteiger charge is 2.25. The van der Waals surface area contributed by atoms with E-state index in [2.05, 4.69) is 12.2 Å². The zero-order valence-electron chi connectivity index (χ0n) is 13.4. The molecule has 1 rings (SSSR count). The van der Waals surface area contributed by atoms with Crippen molar-refractivity contribution in [3.8, 4) is 0 Å². The first-order valence-corrected chi connectivity index (χ1v) is 8.07. The Morgan fingerprint density at radius 1 is 1.38 bits per heavy atom. The Hall–Kier alpha value is -1.10. The average Bonchev–Trinajstić information content (AvgIpc) is 2.41. The molecule has 1 amide bonds. The lowest BCUT2D eigenvalue weighted by Crippen LogP contribution is -2.41. The van der Waals surface area contributed by atoms with Gasteiger partial charge in [-0.05, 0) is 31.1 Å². The Kier molecular flexibility index (Phi) is 7.72. The third-order valence-corrected chi connectivity index (χ3v) is 4.06. The van der Waals surface area contributed by atoms with E-state index < -0.39 is 12.1 Å². The molecule has 0 aromatic rings. The van der Waals surface area contributed by atoms with E-state index >= 15 is 0 Å². The van der Waals surface area contributed by atoms with Crippen LogP contribution in [-0.2, 0) is 14.3 Å². The molecule has 1 fully saturated rings. The highest BCUT2D eigenvalue weighted by molar-refractivity contribution is 5.80. The topological polar surface area (TPSA) is 75.6 Å². The fourth-order valence-corrected chi connectivity index (χ4v) is 2.84. The van der Waals surface area contributed by atoms with Crippen molar-refractivity contribution in [2.24, 2.45) is 11.8 Å². The Balaban J connectivity index is 2.36. The van der Waals surface area contributed by atoms with E-state index in [0.29, 0.717) is 18.9 Å². The average molecular weight is 299 g/mol. The van der Waals surface area contributed by atoms with Gasteiger partial charge in [-0.3, -0.25) is 9.59 Å². The maximum absolute atomic E-state index is 12.1. The number of aliphatic carboxylic acids is 1. The lowest BCUT2D eigenvalue weighted by Gasteiger charge is -2.30. The van der Waals surface area contributed by atoms with Crippen LogP contribution in [0.2, 0.25) is 0 Å². The molecule has 1 aliphatic carbocycles. The largest absolute Gasteiger partial charge is 0.481 e. The van der Waals surface area contributed by atoms with Crippen LogP contribution in [0.5, 0.6) is 0 Å². The summed E-state index contributed by atoms with van der Waals surface area (Å²) in [5.41, 5.74) is 0. The summed E-state index contributed by atoms with van der Waals surface area (Å²) in [6.45, 7) is 6.37. The van der Waals surface area contributed by atoms with Gasteiger partial charge >= 0.3 is 5.97 Å². The molecule has 0 saturated heterocycles. The van der Waals surface area contributed by atoms with Crippen LogP contribution < -0.4 is 5.32 Å². The molecular formula is C16H29NO4. The van der Waals surface area contributed by atoms with Crippen LogP contribution in [0, 0.1) is 11.8 Å². The summed E-state index contributed by atoms with van der Waals surface area (Å²) in [6.07, 6.45) is 4.94. The smallest absolute Gasteiger partial charge is 0.303 e. The third-order valence-electron chi connectivity index (χ3n) is 4.06. The summed E-state index contributed by atoms with van der Waals surface area (Å²) in [5, 5.41) is 11.5. The van der Waals surface area contributed by atoms with E-state index in [1.807, 2.05) is 13.8 Å². The SMILES string of the molecule is CCC(OC1CCCC(C)C1)C(=O)NCC(C)CC(=O)O. The predicted octanol–water partition coefficient (Wildman–Crippen LogP) is 2.59. The van der Waals surface area contributed by atoms with Gasteiger partial charge in [0.05, 0.1) is 6.10 Å². The van der Waals surface area contributed by atoms with Crippen molar-refractivity contribution in [2.75, 3.05) is 6.54 Å². The maximum Gasteiger partial charge on any atom is 0.303 e. The molecule has 0 spiro atoms. The van der Waals surface area contributed by atoms with E-state index in [9.17, 15) is 9.59 Å². The molecule has 1 aliphatic rings. The van der Waals surface area contributed by atoms with Crippen molar-refractivity contribution in [1.82, 2.24) is 5.32 Å². The van der Waals surface area contributed by atoms with Crippen molar-refractivity contribution in [3.63, 3.8) is 0 Å². The highest BCUT2D eigenvalue weighted by Crippen LogP contribution is 2.26.